The molecule has 1 aromatic carbocycles. The Labute approximate surface area is 156 Å². The van der Waals surface area contributed by atoms with Crippen LogP contribution in [0.25, 0.3) is 11.4 Å². The van der Waals surface area contributed by atoms with E-state index in [1.54, 1.807) is 6.07 Å². The van der Waals surface area contributed by atoms with Crippen molar-refractivity contribution in [2.45, 2.75) is 70.9 Å². The summed E-state index contributed by atoms with van der Waals surface area (Å²) in [6.45, 7) is 5.02. The molecular formula is C22H31N3O. The smallest absolute Gasteiger partial charge is 0.251 e. The molecule has 1 aliphatic rings. The van der Waals surface area contributed by atoms with Gasteiger partial charge in [0, 0.05) is 24.2 Å². The van der Waals surface area contributed by atoms with Crippen molar-refractivity contribution in [2.24, 2.45) is 0 Å². The molecule has 26 heavy (non-hydrogen) atoms. The van der Waals surface area contributed by atoms with Gasteiger partial charge in [0.15, 0.2) is 0 Å². The second-order valence-electron chi connectivity index (χ2n) is 7.89. The molecule has 4 nitrogen and oxygen atoms in total. The SMILES string of the molecule is CC(C)c1cc(=O)[nH]c(-c2ccccc2CN(C)C2CCCCCC2)n1. The molecule has 1 saturated carbocycles. The molecule has 3 rings (SSSR count). The first kappa shape index (κ1) is 18.8. The van der Waals surface area contributed by atoms with Crippen LogP contribution in [0, 0.1) is 0 Å². The first-order valence-corrected chi connectivity index (χ1v) is 9.94. The van der Waals surface area contributed by atoms with Crippen LogP contribution in [0.15, 0.2) is 35.1 Å². The third-order valence-corrected chi connectivity index (χ3v) is 5.49. The lowest BCUT2D eigenvalue weighted by atomic mass is 10.0. The molecule has 0 amide bonds. The number of nitrogens with zero attached hydrogens (tertiary/aromatic N) is 2. The first-order valence-electron chi connectivity index (χ1n) is 9.94. The lowest BCUT2D eigenvalue weighted by molar-refractivity contribution is 0.213. The molecule has 0 unspecified atom stereocenters. The maximum atomic E-state index is 12.1. The highest BCUT2D eigenvalue weighted by atomic mass is 16.1. The molecule has 1 N–H and O–H groups in total. The average molecular weight is 354 g/mol. The van der Waals surface area contributed by atoms with Crippen LogP contribution in [0.4, 0.5) is 0 Å². The fourth-order valence-electron chi connectivity index (χ4n) is 3.89. The van der Waals surface area contributed by atoms with Gasteiger partial charge in [0.25, 0.3) is 5.56 Å². The Kier molecular flexibility index (Phi) is 6.25. The van der Waals surface area contributed by atoms with E-state index >= 15 is 0 Å². The number of aromatic nitrogens is 2. The zero-order chi connectivity index (χ0) is 18.5. The minimum Gasteiger partial charge on any atom is -0.307 e. The molecule has 0 bridgehead atoms. The minimum atomic E-state index is -0.0781. The van der Waals surface area contributed by atoms with Crippen molar-refractivity contribution < 1.29 is 0 Å². The summed E-state index contributed by atoms with van der Waals surface area (Å²) in [5.41, 5.74) is 3.03. The van der Waals surface area contributed by atoms with Crippen LogP contribution in [0.2, 0.25) is 0 Å². The van der Waals surface area contributed by atoms with E-state index in [0.29, 0.717) is 11.9 Å². The van der Waals surface area contributed by atoms with Crippen molar-refractivity contribution >= 4 is 0 Å². The molecule has 2 aromatic rings. The van der Waals surface area contributed by atoms with Gasteiger partial charge < -0.3 is 4.98 Å². The summed E-state index contributed by atoms with van der Waals surface area (Å²) in [7, 11) is 2.23. The van der Waals surface area contributed by atoms with Gasteiger partial charge in [0.1, 0.15) is 5.82 Å². The lowest BCUT2D eigenvalue weighted by Gasteiger charge is -2.27. The number of H-pyrrole nitrogens is 1. The minimum absolute atomic E-state index is 0.0781. The van der Waals surface area contributed by atoms with Crippen LogP contribution in [0.1, 0.15) is 69.5 Å². The van der Waals surface area contributed by atoms with E-state index in [9.17, 15) is 4.79 Å². The second kappa shape index (κ2) is 8.63. The highest BCUT2D eigenvalue weighted by molar-refractivity contribution is 5.60. The van der Waals surface area contributed by atoms with Crippen LogP contribution in [-0.2, 0) is 6.54 Å². The molecule has 1 aliphatic carbocycles. The number of hydrogen-bond donors (Lipinski definition) is 1. The highest BCUT2D eigenvalue weighted by Gasteiger charge is 2.19. The number of hydrogen-bond acceptors (Lipinski definition) is 3. The Morgan fingerprint density at radius 2 is 1.85 bits per heavy atom. The molecule has 0 aliphatic heterocycles. The van der Waals surface area contributed by atoms with Crippen LogP contribution in [0.3, 0.4) is 0 Å². The molecule has 0 atom stereocenters. The summed E-state index contributed by atoms with van der Waals surface area (Å²) in [6.07, 6.45) is 7.99. The van der Waals surface area contributed by atoms with Crippen molar-refractivity contribution in [1.82, 2.24) is 14.9 Å². The van der Waals surface area contributed by atoms with Crippen molar-refractivity contribution in [1.29, 1.82) is 0 Å². The number of benzene rings is 1. The van der Waals surface area contributed by atoms with Crippen LogP contribution in [0.5, 0.6) is 0 Å². The van der Waals surface area contributed by atoms with Gasteiger partial charge in [-0.15, -0.1) is 0 Å². The van der Waals surface area contributed by atoms with Crippen molar-refractivity contribution in [2.75, 3.05) is 7.05 Å². The maximum absolute atomic E-state index is 12.1. The fourth-order valence-corrected chi connectivity index (χ4v) is 3.89. The summed E-state index contributed by atoms with van der Waals surface area (Å²) < 4.78 is 0. The molecule has 0 saturated heterocycles. The van der Waals surface area contributed by atoms with Crippen molar-refractivity contribution in [3.8, 4) is 11.4 Å². The molecule has 0 spiro atoms. The Morgan fingerprint density at radius 1 is 1.15 bits per heavy atom. The second-order valence-corrected chi connectivity index (χ2v) is 7.89. The van der Waals surface area contributed by atoms with E-state index in [4.69, 9.17) is 4.98 Å². The average Bonchev–Trinajstić information content (AvgIpc) is 2.91. The van der Waals surface area contributed by atoms with Gasteiger partial charge >= 0.3 is 0 Å². The summed E-state index contributed by atoms with van der Waals surface area (Å²) >= 11 is 0. The van der Waals surface area contributed by atoms with Gasteiger partial charge in [-0.25, -0.2) is 4.98 Å². The monoisotopic (exact) mass is 353 g/mol. The molecule has 0 radical (unpaired) electrons. The normalized spacial score (nSPS) is 16.2. The number of rotatable bonds is 5. The molecule has 1 heterocycles. The van der Waals surface area contributed by atoms with Gasteiger partial charge in [-0.3, -0.25) is 9.69 Å². The van der Waals surface area contributed by atoms with Gasteiger partial charge in [-0.2, -0.15) is 0 Å². The zero-order valence-corrected chi connectivity index (χ0v) is 16.3. The van der Waals surface area contributed by atoms with Gasteiger partial charge in [-0.1, -0.05) is 63.8 Å². The van der Waals surface area contributed by atoms with E-state index in [2.05, 4.69) is 49.0 Å². The van der Waals surface area contributed by atoms with Crippen molar-refractivity contribution in [3.63, 3.8) is 0 Å². The first-order chi connectivity index (χ1) is 12.5. The van der Waals surface area contributed by atoms with E-state index in [0.717, 1.165) is 17.8 Å². The fraction of sp³-hybridized carbons (Fsp3) is 0.545. The summed E-state index contributed by atoms with van der Waals surface area (Å²) in [5.74, 6) is 0.919. The zero-order valence-electron chi connectivity index (χ0n) is 16.3. The molecule has 1 fully saturated rings. The highest BCUT2D eigenvalue weighted by Crippen LogP contribution is 2.26. The van der Waals surface area contributed by atoms with Gasteiger partial charge in [-0.05, 0) is 31.4 Å². The lowest BCUT2D eigenvalue weighted by Crippen LogP contribution is -2.31. The van der Waals surface area contributed by atoms with Crippen LogP contribution < -0.4 is 5.56 Å². The van der Waals surface area contributed by atoms with E-state index in [1.807, 2.05) is 6.07 Å². The van der Waals surface area contributed by atoms with E-state index in [1.165, 1.54) is 44.1 Å². The standard InChI is InChI=1S/C22H31N3O/c1-16(2)20-14-21(26)24-22(23-20)19-13-9-8-10-17(19)15-25(3)18-11-6-4-5-7-12-18/h8-10,13-14,16,18H,4-7,11-12,15H2,1-3H3,(H,23,24,26). The Morgan fingerprint density at radius 3 is 2.54 bits per heavy atom. The largest absolute Gasteiger partial charge is 0.307 e. The summed E-state index contributed by atoms with van der Waals surface area (Å²) in [4.78, 5) is 22.2. The Balaban J connectivity index is 1.88. The summed E-state index contributed by atoms with van der Waals surface area (Å²) in [6, 6.07) is 10.6. The molecular weight excluding hydrogens is 322 g/mol. The topological polar surface area (TPSA) is 49.0 Å². The predicted molar refractivity (Wildman–Crippen MR) is 107 cm³/mol. The van der Waals surface area contributed by atoms with E-state index < -0.39 is 0 Å². The van der Waals surface area contributed by atoms with Gasteiger partial charge in [0.05, 0.1) is 5.69 Å². The van der Waals surface area contributed by atoms with Crippen LogP contribution in [-0.4, -0.2) is 28.0 Å². The Bertz CT molecular complexity index is 773. The number of nitrogens with one attached hydrogen (secondary N) is 1. The summed E-state index contributed by atoms with van der Waals surface area (Å²) in [5, 5.41) is 0. The third kappa shape index (κ3) is 4.61. The molecule has 140 valence electrons. The molecule has 4 heteroatoms. The number of aromatic amines is 1. The quantitative estimate of drug-likeness (QED) is 0.792. The third-order valence-electron chi connectivity index (χ3n) is 5.49. The predicted octanol–water partition coefficient (Wildman–Crippen LogP) is 4.71. The van der Waals surface area contributed by atoms with Crippen molar-refractivity contribution in [3.05, 3.63) is 51.9 Å². The van der Waals surface area contributed by atoms with E-state index in [-0.39, 0.29) is 11.5 Å². The maximum Gasteiger partial charge on any atom is 0.251 e. The van der Waals surface area contributed by atoms with Crippen LogP contribution >= 0.6 is 0 Å². The van der Waals surface area contributed by atoms with Gasteiger partial charge in [0.2, 0.25) is 0 Å². The Hall–Kier alpha value is -1.94. The molecule has 1 aromatic heterocycles.